The van der Waals surface area contributed by atoms with E-state index >= 15 is 0 Å². The standard InChI is InChI=1S/C4H5NO.H2S/c5-3-6-4-1-2-4;/h4H,1-2H2;1H2. The Bertz CT molecular complexity index is 84.2. The van der Waals surface area contributed by atoms with Crippen molar-refractivity contribution in [2.24, 2.45) is 0 Å². The van der Waals surface area contributed by atoms with Crippen molar-refractivity contribution in [2.75, 3.05) is 0 Å². The van der Waals surface area contributed by atoms with Gasteiger partial charge in [-0.25, -0.2) is 0 Å². The number of hydrogen-bond donors (Lipinski definition) is 0. The molecule has 0 N–H and O–H groups in total. The molecule has 0 aliphatic heterocycles. The monoisotopic (exact) mass is 117 g/mol. The van der Waals surface area contributed by atoms with Crippen molar-refractivity contribution < 1.29 is 4.74 Å². The molecule has 1 aliphatic carbocycles. The van der Waals surface area contributed by atoms with Crippen LogP contribution in [0.3, 0.4) is 0 Å². The summed E-state index contributed by atoms with van der Waals surface area (Å²) in [6.07, 6.45) is 4.07. The van der Waals surface area contributed by atoms with Crippen molar-refractivity contribution in [3.63, 3.8) is 0 Å². The van der Waals surface area contributed by atoms with Crippen LogP contribution in [0, 0.1) is 11.5 Å². The van der Waals surface area contributed by atoms with E-state index in [2.05, 4.69) is 4.74 Å². The largest absolute Gasteiger partial charge is 0.424 e. The van der Waals surface area contributed by atoms with Crippen LogP contribution >= 0.6 is 13.5 Å². The van der Waals surface area contributed by atoms with Crippen LogP contribution in [0.1, 0.15) is 12.8 Å². The van der Waals surface area contributed by atoms with Gasteiger partial charge >= 0.3 is 0 Å². The second-order valence-electron chi connectivity index (χ2n) is 1.41. The smallest absolute Gasteiger partial charge is 0.286 e. The lowest BCUT2D eigenvalue weighted by Crippen LogP contribution is -1.79. The van der Waals surface area contributed by atoms with E-state index in [1.54, 1.807) is 6.26 Å². The van der Waals surface area contributed by atoms with Crippen LogP contribution in [0.5, 0.6) is 0 Å². The quantitative estimate of drug-likeness (QED) is 0.475. The van der Waals surface area contributed by atoms with Crippen molar-refractivity contribution in [3.8, 4) is 6.26 Å². The molecule has 0 amide bonds. The molecule has 1 fully saturated rings. The molecule has 2 nitrogen and oxygen atoms in total. The molecule has 0 bridgehead atoms. The first-order valence-corrected chi connectivity index (χ1v) is 1.98. The highest BCUT2D eigenvalue weighted by molar-refractivity contribution is 7.59. The van der Waals surface area contributed by atoms with Gasteiger partial charge in [-0.15, -0.1) is 0 Å². The first kappa shape index (κ1) is 6.64. The Morgan fingerprint density at radius 2 is 2.14 bits per heavy atom. The van der Waals surface area contributed by atoms with E-state index < -0.39 is 0 Å². The van der Waals surface area contributed by atoms with E-state index in [1.807, 2.05) is 0 Å². The zero-order valence-corrected chi connectivity index (χ0v) is 4.85. The van der Waals surface area contributed by atoms with E-state index in [4.69, 9.17) is 5.26 Å². The van der Waals surface area contributed by atoms with Gasteiger partial charge in [-0.2, -0.15) is 18.8 Å². The van der Waals surface area contributed by atoms with E-state index in [9.17, 15) is 0 Å². The number of hydrogen-bond acceptors (Lipinski definition) is 2. The summed E-state index contributed by atoms with van der Waals surface area (Å²) >= 11 is 0. The minimum Gasteiger partial charge on any atom is -0.424 e. The molecular weight excluding hydrogens is 110 g/mol. The minimum absolute atomic E-state index is 0. The summed E-state index contributed by atoms with van der Waals surface area (Å²) in [5.74, 6) is 0. The topological polar surface area (TPSA) is 33.0 Å². The SMILES string of the molecule is N#COC1CC1.S. The van der Waals surface area contributed by atoms with Gasteiger partial charge in [0.05, 0.1) is 0 Å². The van der Waals surface area contributed by atoms with Crippen molar-refractivity contribution in [1.29, 1.82) is 5.26 Å². The summed E-state index contributed by atoms with van der Waals surface area (Å²) in [6.45, 7) is 0. The Morgan fingerprint density at radius 3 is 2.29 bits per heavy atom. The lowest BCUT2D eigenvalue weighted by atomic mass is 10.8. The highest BCUT2D eigenvalue weighted by Gasteiger charge is 2.22. The molecule has 0 aromatic heterocycles. The zero-order valence-electron chi connectivity index (χ0n) is 3.85. The number of ether oxygens (including phenoxy) is 1. The maximum absolute atomic E-state index is 7.80. The maximum Gasteiger partial charge on any atom is 0.286 e. The number of nitriles is 1. The third-order valence-corrected chi connectivity index (χ3v) is 0.744. The van der Waals surface area contributed by atoms with E-state index in [1.165, 1.54) is 0 Å². The summed E-state index contributed by atoms with van der Waals surface area (Å²) in [4.78, 5) is 0. The highest BCUT2D eigenvalue weighted by atomic mass is 32.1. The molecule has 1 aliphatic rings. The molecule has 0 aromatic carbocycles. The zero-order chi connectivity index (χ0) is 4.41. The second kappa shape index (κ2) is 2.75. The van der Waals surface area contributed by atoms with Gasteiger partial charge < -0.3 is 4.74 Å². The van der Waals surface area contributed by atoms with Crippen LogP contribution in [0.15, 0.2) is 0 Å². The van der Waals surface area contributed by atoms with E-state index in [0.717, 1.165) is 12.8 Å². The van der Waals surface area contributed by atoms with Gasteiger partial charge in [0.25, 0.3) is 6.26 Å². The normalized spacial score (nSPS) is 16.4. The summed E-state index contributed by atoms with van der Waals surface area (Å²) in [6, 6.07) is 0. The number of rotatable bonds is 1. The minimum atomic E-state index is 0. The average molecular weight is 117 g/mol. The molecule has 0 heterocycles. The molecule has 40 valence electrons. The van der Waals surface area contributed by atoms with Gasteiger partial charge in [0.1, 0.15) is 6.10 Å². The van der Waals surface area contributed by atoms with Crippen LogP contribution in [0.25, 0.3) is 0 Å². The van der Waals surface area contributed by atoms with Gasteiger partial charge in [-0.05, 0) is 12.8 Å². The summed E-state index contributed by atoms with van der Waals surface area (Å²) in [5, 5.41) is 7.80. The predicted molar refractivity (Wildman–Crippen MR) is 30.1 cm³/mol. The van der Waals surface area contributed by atoms with Gasteiger partial charge in [0.15, 0.2) is 0 Å². The lowest BCUT2D eigenvalue weighted by Gasteiger charge is -1.80. The molecule has 1 saturated carbocycles. The Morgan fingerprint density at radius 1 is 1.57 bits per heavy atom. The third-order valence-electron chi connectivity index (χ3n) is 0.744. The lowest BCUT2D eigenvalue weighted by molar-refractivity contribution is 0.255. The molecule has 1 rings (SSSR count). The fraction of sp³-hybridized carbons (Fsp3) is 0.750. The van der Waals surface area contributed by atoms with Crippen LogP contribution in [0.2, 0.25) is 0 Å². The van der Waals surface area contributed by atoms with Crippen LogP contribution in [-0.4, -0.2) is 6.10 Å². The first-order valence-electron chi connectivity index (χ1n) is 1.98. The molecular formula is C4H7NOS. The Kier molecular flexibility index (Phi) is 2.61. The van der Waals surface area contributed by atoms with Gasteiger partial charge in [0.2, 0.25) is 0 Å². The third kappa shape index (κ3) is 2.35. The van der Waals surface area contributed by atoms with E-state index in [0.29, 0.717) is 0 Å². The van der Waals surface area contributed by atoms with Gasteiger partial charge in [-0.3, -0.25) is 0 Å². The molecule has 7 heavy (non-hydrogen) atoms. The Balaban J connectivity index is 0.000000360. The number of nitrogens with zero attached hydrogens (tertiary/aromatic N) is 1. The van der Waals surface area contributed by atoms with Crippen molar-refractivity contribution in [1.82, 2.24) is 0 Å². The van der Waals surface area contributed by atoms with Gasteiger partial charge in [0, 0.05) is 0 Å². The summed E-state index contributed by atoms with van der Waals surface area (Å²) < 4.78 is 4.46. The van der Waals surface area contributed by atoms with Crippen LogP contribution in [-0.2, 0) is 4.74 Å². The molecule has 0 atom stereocenters. The molecule has 0 unspecified atom stereocenters. The van der Waals surface area contributed by atoms with E-state index in [-0.39, 0.29) is 19.6 Å². The highest BCUT2D eigenvalue weighted by Crippen LogP contribution is 2.22. The van der Waals surface area contributed by atoms with Crippen LogP contribution < -0.4 is 0 Å². The molecule has 0 aromatic rings. The molecule has 0 spiro atoms. The first-order chi connectivity index (χ1) is 2.93. The summed E-state index contributed by atoms with van der Waals surface area (Å²) in [5.41, 5.74) is 0. The molecule has 0 saturated heterocycles. The van der Waals surface area contributed by atoms with Gasteiger partial charge in [-0.1, -0.05) is 0 Å². The van der Waals surface area contributed by atoms with Crippen molar-refractivity contribution >= 4 is 13.5 Å². The second-order valence-corrected chi connectivity index (χ2v) is 1.41. The predicted octanol–water partition coefficient (Wildman–Crippen LogP) is 0.759. The van der Waals surface area contributed by atoms with Crippen molar-refractivity contribution in [3.05, 3.63) is 0 Å². The summed E-state index contributed by atoms with van der Waals surface area (Å²) in [7, 11) is 0. The Hall–Kier alpha value is -0.360. The molecule has 0 radical (unpaired) electrons. The van der Waals surface area contributed by atoms with Crippen molar-refractivity contribution in [2.45, 2.75) is 18.9 Å². The fourth-order valence-corrected chi connectivity index (χ4v) is 0.260. The molecule has 3 heteroatoms. The Labute approximate surface area is 49.5 Å². The maximum atomic E-state index is 7.80. The van der Waals surface area contributed by atoms with Crippen LogP contribution in [0.4, 0.5) is 0 Å². The fourth-order valence-electron chi connectivity index (χ4n) is 0.260. The average Bonchev–Trinajstić information content (AvgIpc) is 2.21.